The summed E-state index contributed by atoms with van der Waals surface area (Å²) in [4.78, 5) is 0. The summed E-state index contributed by atoms with van der Waals surface area (Å²) in [5.41, 5.74) is 0.377. The van der Waals surface area contributed by atoms with E-state index in [0.29, 0.717) is 4.47 Å². The Hall–Kier alpha value is -0.780. The lowest BCUT2D eigenvalue weighted by atomic mass is 10.0. The van der Waals surface area contributed by atoms with E-state index < -0.39 is 17.7 Å². The van der Waals surface area contributed by atoms with Gasteiger partial charge in [-0.2, -0.15) is 0 Å². The molecule has 0 radical (unpaired) electrons. The van der Waals surface area contributed by atoms with Crippen LogP contribution in [0.5, 0.6) is 0 Å². The first-order chi connectivity index (χ1) is 8.50. The lowest BCUT2D eigenvalue weighted by Crippen LogP contribution is -2.04. The molecule has 0 spiro atoms. The Morgan fingerprint density at radius 2 is 1.67 bits per heavy atom. The molecule has 0 heterocycles. The van der Waals surface area contributed by atoms with Crippen molar-refractivity contribution in [3.8, 4) is 0 Å². The van der Waals surface area contributed by atoms with Gasteiger partial charge in [0.25, 0.3) is 0 Å². The lowest BCUT2D eigenvalue weighted by molar-refractivity contribution is 0.213. The Kier molecular flexibility index (Phi) is 4.14. The zero-order chi connectivity index (χ0) is 13.3. The van der Waals surface area contributed by atoms with Crippen LogP contribution in [0.25, 0.3) is 0 Å². The third kappa shape index (κ3) is 2.63. The highest BCUT2D eigenvalue weighted by molar-refractivity contribution is 9.10. The van der Waals surface area contributed by atoms with Crippen molar-refractivity contribution in [3.63, 3.8) is 0 Å². The van der Waals surface area contributed by atoms with Gasteiger partial charge in [0.1, 0.15) is 17.7 Å². The van der Waals surface area contributed by atoms with Crippen LogP contribution in [0.1, 0.15) is 17.2 Å². The monoisotopic (exact) mass is 376 g/mol. The molecule has 2 rings (SSSR count). The Bertz CT molecular complexity index is 585. The van der Waals surface area contributed by atoms with Crippen molar-refractivity contribution in [2.24, 2.45) is 0 Å². The molecule has 0 aliphatic rings. The zero-order valence-electron chi connectivity index (χ0n) is 9.00. The van der Waals surface area contributed by atoms with Gasteiger partial charge in [-0.25, -0.2) is 8.78 Å². The summed E-state index contributed by atoms with van der Waals surface area (Å²) in [5.74, 6) is -1.04. The number of hydrogen-bond acceptors (Lipinski definition) is 1. The lowest BCUT2D eigenvalue weighted by Gasteiger charge is -2.14. The van der Waals surface area contributed by atoms with Crippen molar-refractivity contribution >= 4 is 31.9 Å². The molecule has 0 fully saturated rings. The molecule has 2 aromatic carbocycles. The van der Waals surface area contributed by atoms with E-state index in [1.54, 1.807) is 6.07 Å². The highest BCUT2D eigenvalue weighted by Crippen LogP contribution is 2.32. The molecule has 0 saturated heterocycles. The van der Waals surface area contributed by atoms with Crippen molar-refractivity contribution in [3.05, 3.63) is 68.1 Å². The van der Waals surface area contributed by atoms with Crippen LogP contribution in [-0.2, 0) is 0 Å². The molecule has 0 aromatic heterocycles. The van der Waals surface area contributed by atoms with Crippen molar-refractivity contribution in [2.75, 3.05) is 0 Å². The Morgan fingerprint density at radius 3 is 2.39 bits per heavy atom. The molecule has 1 atom stereocenters. The van der Waals surface area contributed by atoms with E-state index >= 15 is 0 Å². The Morgan fingerprint density at radius 1 is 0.944 bits per heavy atom. The number of aliphatic hydroxyl groups excluding tert-OH is 1. The number of rotatable bonds is 2. The zero-order valence-corrected chi connectivity index (χ0v) is 12.2. The summed E-state index contributed by atoms with van der Waals surface area (Å²) in [6.45, 7) is 0. The van der Waals surface area contributed by atoms with E-state index in [2.05, 4.69) is 31.9 Å². The minimum Gasteiger partial charge on any atom is -0.384 e. The number of benzene rings is 2. The van der Waals surface area contributed by atoms with Gasteiger partial charge in [-0.15, -0.1) is 0 Å². The average Bonchev–Trinajstić information content (AvgIpc) is 2.35. The largest absolute Gasteiger partial charge is 0.384 e. The van der Waals surface area contributed by atoms with Crippen molar-refractivity contribution in [1.82, 2.24) is 0 Å². The maximum Gasteiger partial charge on any atom is 0.143 e. The standard InChI is InChI=1S/C13H8Br2F2O/c14-10-5-4-7(16)6-9(10)13(18)8-2-1-3-11(15)12(8)17/h1-6,13,18H. The second kappa shape index (κ2) is 5.47. The summed E-state index contributed by atoms with van der Waals surface area (Å²) in [6, 6.07) is 8.52. The van der Waals surface area contributed by atoms with Crippen LogP contribution in [0.2, 0.25) is 0 Å². The van der Waals surface area contributed by atoms with E-state index in [1.807, 2.05) is 0 Å². The van der Waals surface area contributed by atoms with E-state index in [-0.39, 0.29) is 15.6 Å². The van der Waals surface area contributed by atoms with E-state index in [1.165, 1.54) is 30.3 Å². The SMILES string of the molecule is OC(c1cc(F)ccc1Br)c1cccc(Br)c1F. The van der Waals surface area contributed by atoms with Gasteiger partial charge in [0.15, 0.2) is 0 Å². The van der Waals surface area contributed by atoms with Gasteiger partial charge in [0, 0.05) is 15.6 Å². The Labute approximate surface area is 120 Å². The highest BCUT2D eigenvalue weighted by atomic mass is 79.9. The third-order valence-electron chi connectivity index (χ3n) is 2.53. The molecular formula is C13H8Br2F2O. The van der Waals surface area contributed by atoms with Gasteiger partial charge in [0.05, 0.1) is 4.47 Å². The average molecular weight is 378 g/mol. The second-order valence-electron chi connectivity index (χ2n) is 3.71. The number of halogens is 4. The van der Waals surface area contributed by atoms with Crippen LogP contribution in [0, 0.1) is 11.6 Å². The molecule has 1 N–H and O–H groups in total. The molecule has 0 saturated carbocycles. The third-order valence-corrected chi connectivity index (χ3v) is 3.86. The number of aliphatic hydroxyl groups is 1. The number of hydrogen-bond donors (Lipinski definition) is 1. The molecule has 18 heavy (non-hydrogen) atoms. The topological polar surface area (TPSA) is 20.2 Å². The van der Waals surface area contributed by atoms with Crippen molar-refractivity contribution in [2.45, 2.75) is 6.10 Å². The smallest absolute Gasteiger partial charge is 0.143 e. The van der Waals surface area contributed by atoms with Crippen LogP contribution in [-0.4, -0.2) is 5.11 Å². The maximum absolute atomic E-state index is 13.9. The quantitative estimate of drug-likeness (QED) is 0.812. The predicted molar refractivity (Wildman–Crippen MR) is 72.3 cm³/mol. The fraction of sp³-hybridized carbons (Fsp3) is 0.0769. The summed E-state index contributed by atoms with van der Waals surface area (Å²) in [7, 11) is 0. The van der Waals surface area contributed by atoms with Gasteiger partial charge in [-0.05, 0) is 40.2 Å². The van der Waals surface area contributed by atoms with Crippen molar-refractivity contribution < 1.29 is 13.9 Å². The van der Waals surface area contributed by atoms with Crippen LogP contribution in [0.4, 0.5) is 8.78 Å². The minimum absolute atomic E-state index is 0.0932. The maximum atomic E-state index is 13.9. The van der Waals surface area contributed by atoms with E-state index in [9.17, 15) is 13.9 Å². The molecule has 5 heteroatoms. The first kappa shape index (κ1) is 13.6. The van der Waals surface area contributed by atoms with Crippen LogP contribution < -0.4 is 0 Å². The van der Waals surface area contributed by atoms with Gasteiger partial charge in [-0.3, -0.25) is 0 Å². The highest BCUT2D eigenvalue weighted by Gasteiger charge is 2.19. The van der Waals surface area contributed by atoms with Gasteiger partial charge in [-0.1, -0.05) is 28.1 Å². The van der Waals surface area contributed by atoms with Crippen molar-refractivity contribution in [1.29, 1.82) is 0 Å². The van der Waals surface area contributed by atoms with Gasteiger partial charge < -0.3 is 5.11 Å². The molecule has 0 aliphatic heterocycles. The summed E-state index contributed by atoms with van der Waals surface area (Å²) >= 11 is 6.26. The molecular weight excluding hydrogens is 370 g/mol. The predicted octanol–water partition coefficient (Wildman–Crippen LogP) is 4.57. The molecule has 1 nitrogen and oxygen atoms in total. The molecule has 1 unspecified atom stereocenters. The molecule has 0 bridgehead atoms. The fourth-order valence-corrected chi connectivity index (χ4v) is 2.47. The van der Waals surface area contributed by atoms with E-state index in [0.717, 1.165) is 0 Å². The van der Waals surface area contributed by atoms with Crippen LogP contribution >= 0.6 is 31.9 Å². The molecule has 0 aliphatic carbocycles. The summed E-state index contributed by atoms with van der Waals surface area (Å²) in [5, 5.41) is 10.1. The first-order valence-corrected chi connectivity index (χ1v) is 6.66. The fourth-order valence-electron chi connectivity index (χ4n) is 1.62. The summed E-state index contributed by atoms with van der Waals surface area (Å²) in [6.07, 6.45) is -1.23. The molecule has 94 valence electrons. The minimum atomic E-state index is -1.23. The molecule has 0 amide bonds. The van der Waals surface area contributed by atoms with Crippen LogP contribution in [0.3, 0.4) is 0 Å². The second-order valence-corrected chi connectivity index (χ2v) is 5.42. The Balaban J connectivity index is 2.51. The van der Waals surface area contributed by atoms with E-state index in [4.69, 9.17) is 0 Å². The first-order valence-electron chi connectivity index (χ1n) is 5.07. The summed E-state index contributed by atoms with van der Waals surface area (Å²) < 4.78 is 27.8. The van der Waals surface area contributed by atoms with Gasteiger partial charge >= 0.3 is 0 Å². The molecule has 2 aromatic rings. The normalized spacial score (nSPS) is 12.5. The van der Waals surface area contributed by atoms with Crippen LogP contribution in [0.15, 0.2) is 45.3 Å². The van der Waals surface area contributed by atoms with Gasteiger partial charge in [0.2, 0.25) is 0 Å².